The van der Waals surface area contributed by atoms with E-state index in [0.717, 1.165) is 17.0 Å². The number of benzene rings is 1. The Balaban J connectivity index is 2.81. The normalized spacial score (nSPS) is 12.8. The smallest absolute Gasteiger partial charge is 0.431 e. The number of likely N-dealkylation sites (N-methyl/N-ethyl adjacent to an activating group) is 1. The number of hydrazone groups is 1. The lowest BCUT2D eigenvalue weighted by Crippen LogP contribution is -2.25. The number of carboxylic acid groups (broad SMARTS) is 1. The summed E-state index contributed by atoms with van der Waals surface area (Å²) in [6, 6.07) is 6.73. The molecule has 1 rings (SSSR count). The van der Waals surface area contributed by atoms with E-state index in [1.807, 2.05) is 6.92 Å². The van der Waals surface area contributed by atoms with E-state index >= 15 is 0 Å². The Morgan fingerprint density at radius 2 is 1.83 bits per heavy atom. The van der Waals surface area contributed by atoms with Crippen LogP contribution in [0, 0.1) is 0 Å². The third-order valence-corrected chi connectivity index (χ3v) is 4.82. The van der Waals surface area contributed by atoms with Crippen LogP contribution in [-0.2, 0) is 9.53 Å². The van der Waals surface area contributed by atoms with Crippen LogP contribution in [0.4, 0.5) is 13.2 Å². The second-order valence-corrected chi connectivity index (χ2v) is 7.63. The van der Waals surface area contributed by atoms with Crippen LogP contribution in [0.15, 0.2) is 66.1 Å². The molecule has 0 fully saturated rings. The Bertz CT molecular complexity index is 954. The van der Waals surface area contributed by atoms with Gasteiger partial charge < -0.3 is 15.2 Å². The Morgan fingerprint density at radius 3 is 2.34 bits per heavy atom. The van der Waals surface area contributed by atoms with Gasteiger partial charge in [-0.15, -0.1) is 0 Å². The van der Waals surface area contributed by atoms with Gasteiger partial charge in [0.2, 0.25) is 0 Å². The fraction of sp³-hybridized carbons (Fsp3) is 0.400. The molecule has 0 radical (unpaired) electrons. The molecule has 0 bridgehead atoms. The maximum Gasteiger partial charge on any atom is 0.431 e. The molecule has 192 valence electrons. The third kappa shape index (κ3) is 10.5. The SMILES string of the molecule is C=C(C=CC(=C)N(C)N=C(CC)C(F)(F)F)OC(CCC)c1ccc(C(=O)NCCC(=O)O)cc1. The number of carboxylic acids is 1. The van der Waals surface area contributed by atoms with E-state index in [1.54, 1.807) is 24.3 Å². The van der Waals surface area contributed by atoms with E-state index in [4.69, 9.17) is 9.84 Å². The number of carbonyl (C=O) groups excluding carboxylic acids is 1. The molecule has 35 heavy (non-hydrogen) atoms. The van der Waals surface area contributed by atoms with Crippen LogP contribution in [-0.4, -0.2) is 47.5 Å². The van der Waals surface area contributed by atoms with Crippen LogP contribution in [0.25, 0.3) is 0 Å². The summed E-state index contributed by atoms with van der Waals surface area (Å²) in [5, 5.41) is 15.8. The number of allylic oxidation sites excluding steroid dienone is 2. The molecular weight excluding hydrogens is 463 g/mol. The molecule has 0 saturated carbocycles. The van der Waals surface area contributed by atoms with Gasteiger partial charge in [0.1, 0.15) is 17.6 Å². The van der Waals surface area contributed by atoms with Crippen molar-refractivity contribution in [2.45, 2.75) is 51.8 Å². The zero-order valence-corrected chi connectivity index (χ0v) is 20.2. The number of amides is 1. The molecule has 7 nitrogen and oxygen atoms in total. The van der Waals surface area contributed by atoms with Gasteiger partial charge in [-0.1, -0.05) is 45.6 Å². The first-order chi connectivity index (χ1) is 16.4. The zero-order chi connectivity index (χ0) is 26.6. The van der Waals surface area contributed by atoms with Gasteiger partial charge in [0, 0.05) is 19.2 Å². The number of carbonyl (C=O) groups is 2. The summed E-state index contributed by atoms with van der Waals surface area (Å²) < 4.78 is 44.6. The highest BCUT2D eigenvalue weighted by Gasteiger charge is 2.34. The molecule has 0 spiro atoms. The summed E-state index contributed by atoms with van der Waals surface area (Å²) in [7, 11) is 1.37. The van der Waals surface area contributed by atoms with Crippen LogP contribution < -0.4 is 5.32 Å². The third-order valence-electron chi connectivity index (χ3n) is 4.82. The van der Waals surface area contributed by atoms with Gasteiger partial charge in [-0.3, -0.25) is 14.6 Å². The summed E-state index contributed by atoms with van der Waals surface area (Å²) in [5.74, 6) is -1.09. The summed E-state index contributed by atoms with van der Waals surface area (Å²) in [6.45, 7) is 11.0. The minimum absolute atomic E-state index is 0.0331. The van der Waals surface area contributed by atoms with Crippen molar-refractivity contribution < 1.29 is 32.6 Å². The van der Waals surface area contributed by atoms with Crippen molar-refractivity contribution in [2.24, 2.45) is 5.10 Å². The highest BCUT2D eigenvalue weighted by atomic mass is 19.4. The average Bonchev–Trinajstić information content (AvgIpc) is 2.79. The molecule has 1 atom stereocenters. The van der Waals surface area contributed by atoms with E-state index in [0.29, 0.717) is 12.0 Å². The number of hydrogen-bond acceptors (Lipinski definition) is 5. The molecule has 1 aromatic carbocycles. The maximum atomic E-state index is 12.9. The van der Waals surface area contributed by atoms with Crippen molar-refractivity contribution in [3.8, 4) is 0 Å². The fourth-order valence-corrected chi connectivity index (χ4v) is 2.88. The molecule has 0 aliphatic rings. The van der Waals surface area contributed by atoms with Crippen molar-refractivity contribution in [1.82, 2.24) is 10.3 Å². The predicted octanol–water partition coefficient (Wildman–Crippen LogP) is 5.59. The lowest BCUT2D eigenvalue weighted by atomic mass is 10.0. The van der Waals surface area contributed by atoms with Crippen molar-refractivity contribution in [3.63, 3.8) is 0 Å². The Labute approximate surface area is 203 Å². The highest BCUT2D eigenvalue weighted by Crippen LogP contribution is 2.26. The maximum absolute atomic E-state index is 12.9. The first kappa shape index (κ1) is 29.5. The molecule has 2 N–H and O–H groups in total. The average molecular weight is 496 g/mol. The number of ether oxygens (including phenoxy) is 1. The van der Waals surface area contributed by atoms with Crippen molar-refractivity contribution in [1.29, 1.82) is 0 Å². The molecule has 0 heterocycles. The fourth-order valence-electron chi connectivity index (χ4n) is 2.88. The molecule has 1 unspecified atom stereocenters. The monoisotopic (exact) mass is 495 g/mol. The highest BCUT2D eigenvalue weighted by molar-refractivity contribution is 5.94. The Hall–Kier alpha value is -3.56. The van der Waals surface area contributed by atoms with Gasteiger partial charge in [0.05, 0.1) is 12.1 Å². The number of halogens is 3. The molecular formula is C25H32F3N3O4. The van der Waals surface area contributed by atoms with Gasteiger partial charge in [-0.2, -0.15) is 18.3 Å². The van der Waals surface area contributed by atoms with Crippen LogP contribution in [0.5, 0.6) is 0 Å². The van der Waals surface area contributed by atoms with E-state index < -0.39 is 17.9 Å². The second kappa shape index (κ2) is 14.0. The van der Waals surface area contributed by atoms with Crippen LogP contribution in [0.3, 0.4) is 0 Å². The number of hydrogen-bond donors (Lipinski definition) is 2. The van der Waals surface area contributed by atoms with Gasteiger partial charge >= 0.3 is 12.1 Å². The van der Waals surface area contributed by atoms with Gasteiger partial charge in [0.25, 0.3) is 5.91 Å². The van der Waals surface area contributed by atoms with Crippen LogP contribution in [0.1, 0.15) is 61.6 Å². The Morgan fingerprint density at radius 1 is 1.20 bits per heavy atom. The van der Waals surface area contributed by atoms with E-state index in [2.05, 4.69) is 23.6 Å². The van der Waals surface area contributed by atoms with E-state index in [1.165, 1.54) is 26.1 Å². The summed E-state index contributed by atoms with van der Waals surface area (Å²) >= 11 is 0. The van der Waals surface area contributed by atoms with Gasteiger partial charge in [0.15, 0.2) is 0 Å². The van der Waals surface area contributed by atoms with Gasteiger partial charge in [-0.25, -0.2) is 0 Å². The number of aliphatic carboxylic acids is 1. The molecule has 0 aliphatic carbocycles. The lowest BCUT2D eigenvalue weighted by molar-refractivity contribution is -0.136. The molecule has 0 aromatic heterocycles. The Kier molecular flexibility index (Phi) is 11.8. The van der Waals surface area contributed by atoms with E-state index in [-0.39, 0.29) is 42.9 Å². The summed E-state index contributed by atoms with van der Waals surface area (Å²) in [5.41, 5.74) is 0.502. The standard InChI is InChI=1S/C25H32F3N3O4/c1-6-8-21(19-11-13-20(14-12-19)24(34)29-16-15-23(32)33)35-18(4)10-9-17(3)31(5)30-22(7-2)25(26,27)28/h9-14,21H,3-4,6-8,15-16H2,1-2,5H3,(H,29,34)(H,32,33). The van der Waals surface area contributed by atoms with Crippen molar-refractivity contribution >= 4 is 17.6 Å². The van der Waals surface area contributed by atoms with Crippen LogP contribution in [0.2, 0.25) is 0 Å². The number of rotatable bonds is 14. The topological polar surface area (TPSA) is 91.2 Å². The second-order valence-electron chi connectivity index (χ2n) is 7.63. The minimum Gasteiger partial charge on any atom is -0.486 e. The quantitative estimate of drug-likeness (QED) is 0.152. The lowest BCUT2D eigenvalue weighted by Gasteiger charge is -2.20. The first-order valence-corrected chi connectivity index (χ1v) is 11.1. The zero-order valence-electron chi connectivity index (χ0n) is 20.2. The minimum atomic E-state index is -4.51. The van der Waals surface area contributed by atoms with Gasteiger partial charge in [-0.05, 0) is 42.7 Å². The molecule has 10 heteroatoms. The number of nitrogens with one attached hydrogen (secondary N) is 1. The number of nitrogens with zero attached hydrogens (tertiary/aromatic N) is 2. The summed E-state index contributed by atoms with van der Waals surface area (Å²) in [6.07, 6.45) is -0.869. The molecule has 0 aliphatic heterocycles. The van der Waals surface area contributed by atoms with Crippen LogP contribution >= 0.6 is 0 Å². The molecule has 0 saturated heterocycles. The molecule has 1 amide bonds. The summed E-state index contributed by atoms with van der Waals surface area (Å²) in [4.78, 5) is 22.7. The van der Waals surface area contributed by atoms with Crippen molar-refractivity contribution in [2.75, 3.05) is 13.6 Å². The van der Waals surface area contributed by atoms with Crippen molar-refractivity contribution in [3.05, 3.63) is 72.2 Å². The largest absolute Gasteiger partial charge is 0.486 e. The van der Waals surface area contributed by atoms with E-state index in [9.17, 15) is 22.8 Å². The molecule has 1 aromatic rings. The first-order valence-electron chi connectivity index (χ1n) is 11.1. The number of alkyl halides is 3. The predicted molar refractivity (Wildman–Crippen MR) is 129 cm³/mol.